The van der Waals surface area contributed by atoms with Gasteiger partial charge in [-0.15, -0.1) is 0 Å². The summed E-state index contributed by atoms with van der Waals surface area (Å²) >= 11 is 2.18. The van der Waals surface area contributed by atoms with E-state index in [1.54, 1.807) is 0 Å². The van der Waals surface area contributed by atoms with E-state index >= 15 is 0 Å². The summed E-state index contributed by atoms with van der Waals surface area (Å²) in [5.74, 6) is -0.205. The van der Waals surface area contributed by atoms with Crippen LogP contribution in [0, 0.1) is 5.92 Å². The average molecular weight is 505 g/mol. The summed E-state index contributed by atoms with van der Waals surface area (Å²) in [5, 5.41) is 10.4. The third kappa shape index (κ3) is 4.09. The Balaban J connectivity index is 1.66. The molecule has 1 amide bonds. The first kappa shape index (κ1) is 20.8. The molecule has 5 heteroatoms. The third-order valence-corrected chi connectivity index (χ3v) is 7.11. The Kier molecular flexibility index (Phi) is 6.00. The highest BCUT2D eigenvalue weighted by atomic mass is 127. The summed E-state index contributed by atoms with van der Waals surface area (Å²) in [6.45, 7) is 3.97. The second-order valence-corrected chi connectivity index (χ2v) is 9.47. The summed E-state index contributed by atoms with van der Waals surface area (Å²) in [4.78, 5) is 15.9. The first-order valence-corrected chi connectivity index (χ1v) is 11.8. The van der Waals surface area contributed by atoms with Crippen LogP contribution in [-0.2, 0) is 22.4 Å². The quantitative estimate of drug-likeness (QED) is 0.471. The fraction of sp³-hybridized carbons (Fsp3) is 0.458. The van der Waals surface area contributed by atoms with Crippen molar-refractivity contribution in [3.8, 4) is 0 Å². The Hall–Kier alpha value is -1.44. The maximum Gasteiger partial charge on any atom is 0.228 e. The molecule has 4 atom stereocenters. The summed E-state index contributed by atoms with van der Waals surface area (Å²) in [6.07, 6.45) is 1.43. The Bertz CT molecular complexity index is 869. The smallest absolute Gasteiger partial charge is 0.228 e. The lowest BCUT2D eigenvalue weighted by Gasteiger charge is -2.37. The molecule has 1 aliphatic heterocycles. The number of carbonyl (C=O) groups is 1. The standard InChI is InChI=1S/C24H28INO3/c1-24(2)26(22-20-11-7-6-10-17(20)14-21(22)29-24)23(28)18(13-19(27)15-25)12-16-8-4-3-5-9-16/h3-11,18-19,21-22,27H,12-15H2,1-2H3/t18-,19+,21-,22+/m1/s1. The van der Waals surface area contributed by atoms with E-state index in [1.165, 1.54) is 11.1 Å². The molecule has 1 fully saturated rings. The molecule has 154 valence electrons. The third-order valence-electron chi connectivity index (χ3n) is 6.09. The van der Waals surface area contributed by atoms with Gasteiger partial charge in [-0.1, -0.05) is 77.2 Å². The van der Waals surface area contributed by atoms with Gasteiger partial charge in [0.15, 0.2) is 0 Å². The molecule has 4 rings (SSSR count). The van der Waals surface area contributed by atoms with Crippen molar-refractivity contribution in [1.82, 2.24) is 4.90 Å². The van der Waals surface area contributed by atoms with Gasteiger partial charge in [0, 0.05) is 16.8 Å². The molecule has 2 aliphatic rings. The van der Waals surface area contributed by atoms with Crippen LogP contribution >= 0.6 is 22.6 Å². The van der Waals surface area contributed by atoms with Crippen LogP contribution in [0.4, 0.5) is 0 Å². The number of rotatable bonds is 6. The molecule has 0 radical (unpaired) electrons. The van der Waals surface area contributed by atoms with Crippen molar-refractivity contribution in [3.63, 3.8) is 0 Å². The van der Waals surface area contributed by atoms with Crippen molar-refractivity contribution >= 4 is 28.5 Å². The second kappa shape index (κ2) is 8.36. The van der Waals surface area contributed by atoms with E-state index < -0.39 is 11.8 Å². The SMILES string of the molecule is CC1(C)O[C@@H]2Cc3ccccc3[C@@H]2N1C(=O)[C@H](Cc1ccccc1)C[C@H](O)CI. The Labute approximate surface area is 186 Å². The molecule has 0 unspecified atom stereocenters. The van der Waals surface area contributed by atoms with Crippen molar-refractivity contribution in [2.75, 3.05) is 4.43 Å². The number of carbonyl (C=O) groups excluding carboxylic acids is 1. The maximum atomic E-state index is 13.9. The summed E-state index contributed by atoms with van der Waals surface area (Å²) < 4.78 is 6.98. The van der Waals surface area contributed by atoms with Gasteiger partial charge in [-0.25, -0.2) is 0 Å². The number of hydrogen-bond acceptors (Lipinski definition) is 3. The number of nitrogens with zero attached hydrogens (tertiary/aromatic N) is 1. The molecule has 0 saturated carbocycles. The van der Waals surface area contributed by atoms with E-state index in [2.05, 4.69) is 46.9 Å². The summed E-state index contributed by atoms with van der Waals surface area (Å²) in [5.41, 5.74) is 2.92. The molecular formula is C24H28INO3. The highest BCUT2D eigenvalue weighted by Crippen LogP contribution is 2.49. The molecule has 1 saturated heterocycles. The minimum atomic E-state index is -0.663. The lowest BCUT2D eigenvalue weighted by molar-refractivity contribution is -0.153. The summed E-state index contributed by atoms with van der Waals surface area (Å²) in [7, 11) is 0. The van der Waals surface area contributed by atoms with E-state index in [0.717, 1.165) is 12.0 Å². The Morgan fingerprint density at radius 3 is 2.62 bits per heavy atom. The number of fused-ring (bicyclic) bond motifs is 3. The second-order valence-electron chi connectivity index (χ2n) is 8.59. The number of aliphatic hydroxyl groups excluding tert-OH is 1. The van der Waals surface area contributed by atoms with Crippen molar-refractivity contribution in [1.29, 1.82) is 0 Å². The molecular weight excluding hydrogens is 477 g/mol. The zero-order valence-electron chi connectivity index (χ0n) is 16.9. The largest absolute Gasteiger partial charge is 0.392 e. The molecule has 29 heavy (non-hydrogen) atoms. The van der Waals surface area contributed by atoms with E-state index in [9.17, 15) is 9.90 Å². The number of aliphatic hydroxyl groups is 1. The van der Waals surface area contributed by atoms with Gasteiger partial charge >= 0.3 is 0 Å². The van der Waals surface area contributed by atoms with Crippen molar-refractivity contribution < 1.29 is 14.6 Å². The Morgan fingerprint density at radius 2 is 1.90 bits per heavy atom. The van der Waals surface area contributed by atoms with Crippen molar-refractivity contribution in [2.45, 2.75) is 57.1 Å². The number of hydrogen-bond donors (Lipinski definition) is 1. The summed E-state index contributed by atoms with van der Waals surface area (Å²) in [6, 6.07) is 18.4. The average Bonchev–Trinajstić information content (AvgIpc) is 3.17. The zero-order valence-corrected chi connectivity index (χ0v) is 19.1. The number of halogens is 1. The minimum Gasteiger partial charge on any atom is -0.392 e. The first-order valence-electron chi connectivity index (χ1n) is 10.3. The van der Waals surface area contributed by atoms with Crippen LogP contribution in [-0.4, -0.2) is 38.3 Å². The van der Waals surface area contributed by atoms with Crippen LogP contribution in [0.25, 0.3) is 0 Å². The van der Waals surface area contributed by atoms with Crippen LogP contribution in [0.3, 0.4) is 0 Å². The van der Waals surface area contributed by atoms with Crippen LogP contribution in [0.2, 0.25) is 0 Å². The normalized spacial score (nSPS) is 24.1. The number of amides is 1. The maximum absolute atomic E-state index is 13.9. The van der Waals surface area contributed by atoms with E-state index in [4.69, 9.17) is 4.74 Å². The molecule has 1 aliphatic carbocycles. The molecule has 0 spiro atoms. The molecule has 2 aromatic carbocycles. The molecule has 1 heterocycles. The fourth-order valence-corrected chi connectivity index (χ4v) is 5.23. The van der Waals surface area contributed by atoms with Crippen molar-refractivity contribution in [2.24, 2.45) is 5.92 Å². The van der Waals surface area contributed by atoms with Gasteiger partial charge in [0.25, 0.3) is 0 Å². The van der Waals surface area contributed by atoms with Gasteiger partial charge in [-0.2, -0.15) is 0 Å². The van der Waals surface area contributed by atoms with Crippen LogP contribution in [0.1, 0.15) is 43.0 Å². The van der Waals surface area contributed by atoms with Crippen LogP contribution in [0.15, 0.2) is 54.6 Å². The van der Waals surface area contributed by atoms with Crippen LogP contribution in [0.5, 0.6) is 0 Å². The van der Waals surface area contributed by atoms with Gasteiger partial charge in [-0.05, 0) is 43.4 Å². The monoisotopic (exact) mass is 505 g/mol. The van der Waals surface area contributed by atoms with Gasteiger partial charge in [0.05, 0.1) is 18.2 Å². The predicted octanol–water partition coefficient (Wildman–Crippen LogP) is 4.29. The minimum absolute atomic E-state index is 0.00164. The lowest BCUT2D eigenvalue weighted by Crippen LogP contribution is -2.48. The van der Waals surface area contributed by atoms with E-state index in [-0.39, 0.29) is 24.0 Å². The van der Waals surface area contributed by atoms with Gasteiger partial charge < -0.3 is 14.7 Å². The van der Waals surface area contributed by atoms with E-state index in [0.29, 0.717) is 17.3 Å². The van der Waals surface area contributed by atoms with Crippen molar-refractivity contribution in [3.05, 3.63) is 71.3 Å². The molecule has 0 bridgehead atoms. The fourth-order valence-electron chi connectivity index (χ4n) is 4.87. The predicted molar refractivity (Wildman–Crippen MR) is 122 cm³/mol. The number of benzene rings is 2. The molecule has 4 nitrogen and oxygen atoms in total. The van der Waals surface area contributed by atoms with Gasteiger partial charge in [-0.3, -0.25) is 4.79 Å². The number of ether oxygens (including phenoxy) is 1. The highest BCUT2D eigenvalue weighted by molar-refractivity contribution is 14.1. The lowest BCUT2D eigenvalue weighted by atomic mass is 9.91. The Morgan fingerprint density at radius 1 is 1.21 bits per heavy atom. The molecule has 1 N–H and O–H groups in total. The van der Waals surface area contributed by atoms with E-state index in [1.807, 2.05) is 49.1 Å². The zero-order chi connectivity index (χ0) is 20.6. The topological polar surface area (TPSA) is 49.8 Å². The first-order chi connectivity index (χ1) is 13.9. The molecule has 2 aromatic rings. The van der Waals surface area contributed by atoms with Gasteiger partial charge in [0.1, 0.15) is 5.72 Å². The van der Waals surface area contributed by atoms with Gasteiger partial charge in [0.2, 0.25) is 5.91 Å². The van der Waals surface area contributed by atoms with Crippen LogP contribution < -0.4 is 0 Å². The number of alkyl halides is 1. The highest BCUT2D eigenvalue weighted by Gasteiger charge is 2.54. The molecule has 0 aromatic heterocycles.